The van der Waals surface area contributed by atoms with Crippen LogP contribution < -0.4 is 5.32 Å². The van der Waals surface area contributed by atoms with Gasteiger partial charge in [-0.25, -0.2) is 0 Å². The highest BCUT2D eigenvalue weighted by Crippen LogP contribution is 2.34. The van der Waals surface area contributed by atoms with Crippen LogP contribution in [0.15, 0.2) is 30.5 Å². The number of nitriles is 1. The maximum absolute atomic E-state index is 12.8. The lowest BCUT2D eigenvalue weighted by atomic mass is 9.99. The molecule has 1 aromatic rings. The summed E-state index contributed by atoms with van der Waals surface area (Å²) in [5.41, 5.74) is -2.38. The first kappa shape index (κ1) is 16.1. The van der Waals surface area contributed by atoms with E-state index < -0.39 is 22.9 Å². The number of nitrogens with one attached hydrogen (secondary N) is 1. The van der Waals surface area contributed by atoms with Gasteiger partial charge >= 0.3 is 6.18 Å². The molecule has 108 valence electrons. The molecular weight excluding hydrogens is 269 g/mol. The van der Waals surface area contributed by atoms with Crippen molar-refractivity contribution >= 4 is 5.69 Å². The molecule has 20 heavy (non-hydrogen) atoms. The Morgan fingerprint density at radius 1 is 1.45 bits per heavy atom. The van der Waals surface area contributed by atoms with E-state index in [1.165, 1.54) is 19.1 Å². The number of hydrogen-bond acceptors (Lipinski definition) is 3. The Morgan fingerprint density at radius 3 is 2.50 bits per heavy atom. The van der Waals surface area contributed by atoms with E-state index in [1.54, 1.807) is 6.92 Å². The third kappa shape index (κ3) is 3.52. The lowest BCUT2D eigenvalue weighted by Crippen LogP contribution is -2.29. The summed E-state index contributed by atoms with van der Waals surface area (Å²) in [5.74, 6) is 0. The molecular formula is C14H15F3N2O. The van der Waals surface area contributed by atoms with E-state index in [2.05, 4.69) is 11.9 Å². The summed E-state index contributed by atoms with van der Waals surface area (Å²) in [7, 11) is 0. The van der Waals surface area contributed by atoms with Gasteiger partial charge in [0, 0.05) is 11.4 Å². The van der Waals surface area contributed by atoms with Gasteiger partial charge < -0.3 is 10.4 Å². The second-order valence-corrected chi connectivity index (χ2v) is 4.60. The van der Waals surface area contributed by atoms with Crippen LogP contribution >= 0.6 is 0 Å². The van der Waals surface area contributed by atoms with Crippen molar-refractivity contribution in [1.29, 1.82) is 5.26 Å². The smallest absolute Gasteiger partial charge is 0.384 e. The Labute approximate surface area is 115 Å². The highest BCUT2D eigenvalue weighted by Gasteiger charge is 2.34. The van der Waals surface area contributed by atoms with E-state index in [1.807, 2.05) is 0 Å². The van der Waals surface area contributed by atoms with Crippen molar-refractivity contribution in [1.82, 2.24) is 0 Å². The van der Waals surface area contributed by atoms with Crippen molar-refractivity contribution in [2.24, 2.45) is 0 Å². The monoisotopic (exact) mass is 284 g/mol. The fraction of sp³-hybridized carbons (Fsp3) is 0.357. The summed E-state index contributed by atoms with van der Waals surface area (Å²) in [6.45, 7) is 6.86. The molecule has 6 heteroatoms. The number of alkyl halides is 3. The molecule has 0 bridgehead atoms. The van der Waals surface area contributed by atoms with Gasteiger partial charge in [-0.15, -0.1) is 0 Å². The van der Waals surface area contributed by atoms with E-state index >= 15 is 0 Å². The minimum Gasteiger partial charge on any atom is -0.384 e. The van der Waals surface area contributed by atoms with Gasteiger partial charge in [-0.3, -0.25) is 0 Å². The van der Waals surface area contributed by atoms with Crippen LogP contribution in [0, 0.1) is 11.3 Å². The van der Waals surface area contributed by atoms with E-state index in [-0.39, 0.29) is 11.4 Å². The minimum atomic E-state index is -4.61. The Hall–Kier alpha value is -2.00. The lowest BCUT2D eigenvalue weighted by Gasteiger charge is -2.25. The zero-order valence-corrected chi connectivity index (χ0v) is 11.2. The molecule has 1 rings (SSSR count). The van der Waals surface area contributed by atoms with Crippen LogP contribution in [0.4, 0.5) is 18.9 Å². The third-order valence-electron chi connectivity index (χ3n) is 3.08. The second-order valence-electron chi connectivity index (χ2n) is 4.60. The molecule has 2 N–H and O–H groups in total. The molecule has 0 fully saturated rings. The lowest BCUT2D eigenvalue weighted by molar-refractivity contribution is -0.137. The fourth-order valence-electron chi connectivity index (χ4n) is 1.48. The van der Waals surface area contributed by atoms with E-state index in [0.717, 1.165) is 12.1 Å². The SMILES string of the molecule is C=C(Nc1ccc(C#N)c(C(F)(F)F)c1)C(C)(O)CC. The van der Waals surface area contributed by atoms with Gasteiger partial charge in [0.1, 0.15) is 5.60 Å². The number of hydrogen-bond donors (Lipinski definition) is 2. The highest BCUT2D eigenvalue weighted by molar-refractivity contribution is 5.56. The normalized spacial score (nSPS) is 14.2. The zero-order chi connectivity index (χ0) is 15.6. The number of aliphatic hydroxyl groups is 1. The maximum atomic E-state index is 12.8. The van der Waals surface area contributed by atoms with Gasteiger partial charge in [-0.05, 0) is 31.5 Å². The van der Waals surface area contributed by atoms with Gasteiger partial charge in [0.15, 0.2) is 0 Å². The van der Waals surface area contributed by atoms with Crippen molar-refractivity contribution in [2.75, 3.05) is 5.32 Å². The fourth-order valence-corrected chi connectivity index (χ4v) is 1.48. The molecule has 0 spiro atoms. The van der Waals surface area contributed by atoms with Crippen molar-refractivity contribution < 1.29 is 18.3 Å². The van der Waals surface area contributed by atoms with Crippen molar-refractivity contribution in [3.63, 3.8) is 0 Å². The summed E-state index contributed by atoms with van der Waals surface area (Å²) in [5, 5.41) is 21.3. The maximum Gasteiger partial charge on any atom is 0.417 e. The van der Waals surface area contributed by atoms with Crippen LogP contribution in [-0.2, 0) is 6.18 Å². The molecule has 0 heterocycles. The van der Waals surface area contributed by atoms with Crippen molar-refractivity contribution in [3.05, 3.63) is 41.6 Å². The molecule has 0 aliphatic rings. The molecule has 0 saturated heterocycles. The summed E-state index contributed by atoms with van der Waals surface area (Å²) < 4.78 is 38.4. The average Bonchev–Trinajstić information content (AvgIpc) is 2.37. The number of rotatable bonds is 4. The predicted octanol–water partition coefficient (Wildman–Crippen LogP) is 3.66. The topological polar surface area (TPSA) is 56.0 Å². The first-order chi connectivity index (χ1) is 9.11. The van der Waals surface area contributed by atoms with Crippen LogP contribution in [0.2, 0.25) is 0 Å². The summed E-state index contributed by atoms with van der Waals surface area (Å²) in [6.07, 6.45) is -4.25. The van der Waals surface area contributed by atoms with Gasteiger partial charge in [0.25, 0.3) is 0 Å². The van der Waals surface area contributed by atoms with Gasteiger partial charge in [0.05, 0.1) is 17.2 Å². The molecule has 0 amide bonds. The minimum absolute atomic E-state index is 0.120. The average molecular weight is 284 g/mol. The molecule has 0 aliphatic carbocycles. The first-order valence-electron chi connectivity index (χ1n) is 5.92. The molecule has 1 unspecified atom stereocenters. The van der Waals surface area contributed by atoms with Crippen LogP contribution in [0.5, 0.6) is 0 Å². The van der Waals surface area contributed by atoms with Crippen LogP contribution in [0.1, 0.15) is 31.4 Å². The number of nitrogens with zero attached hydrogens (tertiary/aromatic N) is 1. The van der Waals surface area contributed by atoms with Crippen LogP contribution in [0.25, 0.3) is 0 Å². The van der Waals surface area contributed by atoms with E-state index in [4.69, 9.17) is 5.26 Å². The number of halogens is 3. The Kier molecular flexibility index (Phi) is 4.46. The van der Waals surface area contributed by atoms with Crippen molar-refractivity contribution in [2.45, 2.75) is 32.0 Å². The second kappa shape index (κ2) is 5.55. The Bertz CT molecular complexity index is 557. The molecule has 1 atom stereocenters. The summed E-state index contributed by atoms with van der Waals surface area (Å²) in [6, 6.07) is 4.75. The van der Waals surface area contributed by atoms with E-state index in [9.17, 15) is 18.3 Å². The third-order valence-corrected chi connectivity index (χ3v) is 3.08. The first-order valence-corrected chi connectivity index (χ1v) is 5.92. The zero-order valence-electron chi connectivity index (χ0n) is 11.2. The standard InChI is InChI=1S/C14H15F3N2O/c1-4-13(3,20)9(2)19-11-6-5-10(8-18)12(7-11)14(15,16)17/h5-7,19-20H,2,4H2,1,3H3. The molecule has 0 radical (unpaired) electrons. The summed E-state index contributed by atoms with van der Waals surface area (Å²) in [4.78, 5) is 0. The Balaban J connectivity index is 3.12. The molecule has 0 saturated carbocycles. The van der Waals surface area contributed by atoms with E-state index in [0.29, 0.717) is 6.42 Å². The van der Waals surface area contributed by atoms with Gasteiger partial charge in [0.2, 0.25) is 0 Å². The molecule has 3 nitrogen and oxygen atoms in total. The van der Waals surface area contributed by atoms with Crippen LogP contribution in [0.3, 0.4) is 0 Å². The van der Waals surface area contributed by atoms with Gasteiger partial charge in [-0.1, -0.05) is 13.5 Å². The quantitative estimate of drug-likeness (QED) is 0.887. The molecule has 0 aromatic heterocycles. The number of anilines is 1. The van der Waals surface area contributed by atoms with Gasteiger partial charge in [-0.2, -0.15) is 18.4 Å². The van der Waals surface area contributed by atoms with Crippen LogP contribution in [-0.4, -0.2) is 10.7 Å². The van der Waals surface area contributed by atoms with Crippen molar-refractivity contribution in [3.8, 4) is 6.07 Å². The molecule has 0 aliphatic heterocycles. The largest absolute Gasteiger partial charge is 0.417 e. The predicted molar refractivity (Wildman–Crippen MR) is 69.8 cm³/mol. The number of benzene rings is 1. The summed E-state index contributed by atoms with van der Waals surface area (Å²) >= 11 is 0. The highest BCUT2D eigenvalue weighted by atomic mass is 19.4. The molecule has 1 aromatic carbocycles. The Morgan fingerprint density at radius 2 is 2.05 bits per heavy atom.